The van der Waals surface area contributed by atoms with Crippen LogP contribution in [0.25, 0.3) is 0 Å². The molecule has 3 aliphatic rings. The van der Waals surface area contributed by atoms with Crippen LogP contribution in [-0.4, -0.2) is 64.6 Å². The highest BCUT2D eigenvalue weighted by atomic mass is 19.4. The molecule has 35 heavy (non-hydrogen) atoms. The number of aromatic nitrogens is 2. The predicted molar refractivity (Wildman–Crippen MR) is 112 cm³/mol. The SMILES string of the molecule is C[C@@H]1CN(C(=O)C2CC(C3C=C(C(F)(F)F)C(=O)NC3)C2)C[C@H](C)N1c1ncc(C(F)(F)F)cn1. The molecule has 0 aromatic carbocycles. The molecule has 4 rings (SSSR count). The van der Waals surface area contributed by atoms with Crippen molar-refractivity contribution in [3.63, 3.8) is 0 Å². The Morgan fingerprint density at radius 3 is 2.09 bits per heavy atom. The first-order chi connectivity index (χ1) is 16.3. The molecule has 1 saturated carbocycles. The molecule has 1 saturated heterocycles. The van der Waals surface area contributed by atoms with Crippen molar-refractivity contribution < 1.29 is 35.9 Å². The third-order valence-corrected chi connectivity index (χ3v) is 6.99. The number of halogens is 6. The summed E-state index contributed by atoms with van der Waals surface area (Å²) >= 11 is 0. The van der Waals surface area contributed by atoms with Crippen LogP contribution < -0.4 is 10.2 Å². The number of anilines is 1. The number of amides is 2. The van der Waals surface area contributed by atoms with E-state index in [2.05, 4.69) is 15.3 Å². The summed E-state index contributed by atoms with van der Waals surface area (Å²) in [4.78, 5) is 35.8. The fourth-order valence-electron chi connectivity index (χ4n) is 5.15. The molecule has 1 unspecified atom stereocenters. The lowest BCUT2D eigenvalue weighted by molar-refractivity contribution is -0.143. The van der Waals surface area contributed by atoms with Crippen molar-refractivity contribution in [2.24, 2.45) is 17.8 Å². The quantitative estimate of drug-likeness (QED) is 0.639. The van der Waals surface area contributed by atoms with E-state index < -0.39 is 35.3 Å². The zero-order chi connectivity index (χ0) is 25.7. The van der Waals surface area contributed by atoms with Crippen molar-refractivity contribution in [2.75, 3.05) is 24.5 Å². The molecule has 1 N–H and O–H groups in total. The Balaban J connectivity index is 1.35. The van der Waals surface area contributed by atoms with E-state index in [4.69, 9.17) is 0 Å². The minimum atomic E-state index is -4.72. The molecule has 2 aliphatic heterocycles. The summed E-state index contributed by atoms with van der Waals surface area (Å²) in [5, 5.41) is 2.29. The Hall–Kier alpha value is -2.86. The second kappa shape index (κ2) is 8.98. The van der Waals surface area contributed by atoms with Crippen LogP contribution in [0.3, 0.4) is 0 Å². The summed E-state index contributed by atoms with van der Waals surface area (Å²) in [7, 11) is 0. The van der Waals surface area contributed by atoms with Gasteiger partial charge in [0.25, 0.3) is 5.91 Å². The van der Waals surface area contributed by atoms with Crippen LogP contribution in [0.1, 0.15) is 32.3 Å². The molecule has 13 heteroatoms. The van der Waals surface area contributed by atoms with Crippen molar-refractivity contribution in [2.45, 2.75) is 51.1 Å². The number of carbonyl (C=O) groups is 2. The van der Waals surface area contributed by atoms with Crippen molar-refractivity contribution >= 4 is 17.8 Å². The topological polar surface area (TPSA) is 78.4 Å². The largest absolute Gasteiger partial charge is 0.421 e. The van der Waals surface area contributed by atoms with Gasteiger partial charge in [-0.05, 0) is 38.5 Å². The third kappa shape index (κ3) is 5.08. The van der Waals surface area contributed by atoms with Gasteiger partial charge >= 0.3 is 12.4 Å². The summed E-state index contributed by atoms with van der Waals surface area (Å²) in [6.07, 6.45) is -5.92. The summed E-state index contributed by atoms with van der Waals surface area (Å²) in [5.41, 5.74) is -2.13. The average Bonchev–Trinajstić information content (AvgIpc) is 2.72. The summed E-state index contributed by atoms with van der Waals surface area (Å²) in [5.74, 6) is -1.97. The minimum Gasteiger partial charge on any atom is -0.351 e. The van der Waals surface area contributed by atoms with Crippen molar-refractivity contribution in [1.82, 2.24) is 20.2 Å². The lowest BCUT2D eigenvalue weighted by atomic mass is 9.67. The molecular weight excluding hydrogens is 480 g/mol. The predicted octanol–water partition coefficient (Wildman–Crippen LogP) is 3.18. The number of rotatable bonds is 3. The molecule has 0 bridgehead atoms. The molecule has 0 spiro atoms. The first kappa shape index (κ1) is 25.2. The Kier molecular flexibility index (Phi) is 6.47. The number of alkyl halides is 6. The van der Waals surface area contributed by atoms with E-state index in [0.29, 0.717) is 25.9 Å². The van der Waals surface area contributed by atoms with E-state index in [9.17, 15) is 35.9 Å². The highest BCUT2D eigenvalue weighted by Gasteiger charge is 2.46. The number of hydrogen-bond acceptors (Lipinski definition) is 5. The molecule has 1 aromatic heterocycles. The molecule has 2 amide bonds. The smallest absolute Gasteiger partial charge is 0.351 e. The number of piperazine rings is 1. The molecule has 1 aromatic rings. The Morgan fingerprint density at radius 2 is 1.57 bits per heavy atom. The van der Waals surface area contributed by atoms with Gasteiger partial charge in [0, 0.05) is 50.0 Å². The molecular formula is C22H25F6N5O2. The van der Waals surface area contributed by atoms with Crippen molar-refractivity contribution in [1.29, 1.82) is 0 Å². The van der Waals surface area contributed by atoms with Gasteiger partial charge in [-0.15, -0.1) is 0 Å². The summed E-state index contributed by atoms with van der Waals surface area (Å²) in [6.45, 7) is 4.42. The lowest BCUT2D eigenvalue weighted by Crippen LogP contribution is -2.60. The number of hydrogen-bond donors (Lipinski definition) is 1. The van der Waals surface area contributed by atoms with Gasteiger partial charge in [0.2, 0.25) is 11.9 Å². The molecule has 192 valence electrons. The van der Waals surface area contributed by atoms with Crippen LogP contribution >= 0.6 is 0 Å². The maximum absolute atomic E-state index is 13.1. The summed E-state index contributed by atoms with van der Waals surface area (Å²) in [6, 6.07) is -0.498. The van der Waals surface area contributed by atoms with Gasteiger partial charge in [-0.2, -0.15) is 26.3 Å². The molecule has 3 heterocycles. The van der Waals surface area contributed by atoms with Gasteiger partial charge in [-0.3, -0.25) is 9.59 Å². The van der Waals surface area contributed by atoms with E-state index >= 15 is 0 Å². The second-order valence-electron chi connectivity index (χ2n) is 9.50. The third-order valence-electron chi connectivity index (χ3n) is 6.99. The number of carbonyl (C=O) groups excluding carboxylic acids is 2. The molecule has 1 aliphatic carbocycles. The van der Waals surface area contributed by atoms with Gasteiger partial charge < -0.3 is 15.1 Å². The van der Waals surface area contributed by atoms with E-state index in [1.807, 2.05) is 13.8 Å². The molecule has 2 fully saturated rings. The van der Waals surface area contributed by atoms with Gasteiger partial charge in [0.15, 0.2) is 0 Å². The van der Waals surface area contributed by atoms with Crippen LogP contribution in [0, 0.1) is 17.8 Å². The first-order valence-corrected chi connectivity index (χ1v) is 11.3. The van der Waals surface area contributed by atoms with Gasteiger partial charge in [0.05, 0.1) is 5.56 Å². The molecule has 3 atom stereocenters. The maximum atomic E-state index is 13.1. The number of nitrogens with zero attached hydrogens (tertiary/aromatic N) is 4. The number of nitrogens with one attached hydrogen (secondary N) is 1. The molecule has 7 nitrogen and oxygen atoms in total. The van der Waals surface area contributed by atoms with Crippen LogP contribution in [0.15, 0.2) is 24.0 Å². The van der Waals surface area contributed by atoms with Crippen LogP contribution in [0.4, 0.5) is 32.3 Å². The standard InChI is InChI=1S/C22H25F6N5O2/c1-11-9-32(10-12(2)33(11)20-30-7-16(8-31-20)21(23,24)25)19(35)14-3-13(4-14)15-5-17(22(26,27)28)18(34)29-6-15/h5,7-8,11-15H,3-4,6,9-10H2,1-2H3,(H,29,34)/t11-,12+,13?,14?,15?. The van der Waals surface area contributed by atoms with E-state index in [-0.39, 0.29) is 42.3 Å². The highest BCUT2D eigenvalue weighted by Crippen LogP contribution is 2.43. The van der Waals surface area contributed by atoms with Crippen LogP contribution in [-0.2, 0) is 15.8 Å². The van der Waals surface area contributed by atoms with Crippen LogP contribution in [0.5, 0.6) is 0 Å². The van der Waals surface area contributed by atoms with Crippen molar-refractivity contribution in [3.8, 4) is 0 Å². The van der Waals surface area contributed by atoms with E-state index in [0.717, 1.165) is 18.5 Å². The zero-order valence-corrected chi connectivity index (χ0v) is 19.0. The van der Waals surface area contributed by atoms with Crippen LogP contribution in [0.2, 0.25) is 0 Å². The Morgan fingerprint density at radius 1 is 1.00 bits per heavy atom. The van der Waals surface area contributed by atoms with E-state index in [1.54, 1.807) is 9.80 Å². The van der Waals surface area contributed by atoms with Gasteiger partial charge in [0.1, 0.15) is 5.57 Å². The average molecular weight is 505 g/mol. The van der Waals surface area contributed by atoms with E-state index in [1.165, 1.54) is 0 Å². The monoisotopic (exact) mass is 505 g/mol. The lowest BCUT2D eigenvalue weighted by Gasteiger charge is -2.47. The molecule has 0 radical (unpaired) electrons. The Bertz CT molecular complexity index is 991. The Labute approximate surface area is 197 Å². The second-order valence-corrected chi connectivity index (χ2v) is 9.50. The maximum Gasteiger partial charge on any atom is 0.421 e. The fourth-order valence-corrected chi connectivity index (χ4v) is 5.15. The van der Waals surface area contributed by atoms with Gasteiger partial charge in [-0.25, -0.2) is 9.97 Å². The first-order valence-electron chi connectivity index (χ1n) is 11.3. The highest BCUT2D eigenvalue weighted by molar-refractivity contribution is 5.95. The summed E-state index contributed by atoms with van der Waals surface area (Å²) < 4.78 is 77.5. The normalized spacial score (nSPS) is 29.9. The zero-order valence-electron chi connectivity index (χ0n) is 19.0. The minimum absolute atomic E-state index is 0.0900. The van der Waals surface area contributed by atoms with Crippen molar-refractivity contribution in [3.05, 3.63) is 29.6 Å². The fraction of sp³-hybridized carbons (Fsp3) is 0.636. The van der Waals surface area contributed by atoms with Gasteiger partial charge in [-0.1, -0.05) is 6.08 Å².